The van der Waals surface area contributed by atoms with E-state index in [0.29, 0.717) is 14.9 Å². The van der Waals surface area contributed by atoms with Gasteiger partial charge in [0.1, 0.15) is 19.0 Å². The Morgan fingerprint density at radius 2 is 1.75 bits per heavy atom. The van der Waals surface area contributed by atoms with Gasteiger partial charge in [0.25, 0.3) is 0 Å². The molecule has 0 aromatic heterocycles. The summed E-state index contributed by atoms with van der Waals surface area (Å²) in [4.78, 5) is 22.6. The minimum Gasteiger partial charge on any atom is -0.545 e. The molecule has 0 saturated carbocycles. The fourth-order valence-electron chi connectivity index (χ4n) is 1.87. The maximum Gasteiger partial charge on any atom is 0.338 e. The van der Waals surface area contributed by atoms with Crippen molar-refractivity contribution in [2.45, 2.75) is 0 Å². The third-order valence-electron chi connectivity index (χ3n) is 3.12. The largest absolute Gasteiger partial charge is 0.545 e. The number of rotatable bonds is 7. The van der Waals surface area contributed by atoms with Gasteiger partial charge in [-0.25, -0.2) is 4.79 Å². The molecule has 124 valence electrons. The van der Waals surface area contributed by atoms with Crippen molar-refractivity contribution in [1.29, 1.82) is 0 Å². The molecule has 0 bridgehead atoms. The highest BCUT2D eigenvalue weighted by Crippen LogP contribution is 2.21. The fraction of sp³-hybridized carbons (Fsp3) is 0.111. The maximum absolute atomic E-state index is 11.9. The summed E-state index contributed by atoms with van der Waals surface area (Å²) >= 11 is 1.97. The Hall–Kier alpha value is -2.35. The predicted octanol–water partition coefficient (Wildman–Crippen LogP) is 2.53. The molecular formula is C18H14IO5-. The van der Waals surface area contributed by atoms with Crippen molar-refractivity contribution in [3.63, 3.8) is 0 Å². The average molecular weight is 437 g/mol. The highest BCUT2D eigenvalue weighted by atomic mass is 127. The smallest absolute Gasteiger partial charge is 0.338 e. The van der Waals surface area contributed by atoms with Gasteiger partial charge >= 0.3 is 5.97 Å². The predicted molar refractivity (Wildman–Crippen MR) is 95.8 cm³/mol. The van der Waals surface area contributed by atoms with Crippen LogP contribution in [0.1, 0.15) is 26.3 Å². The van der Waals surface area contributed by atoms with Crippen molar-refractivity contribution in [3.05, 3.63) is 69.3 Å². The number of esters is 1. The molecule has 0 N–H and O–H groups in total. The Morgan fingerprint density at radius 1 is 1.08 bits per heavy atom. The highest BCUT2D eigenvalue weighted by Gasteiger charge is 2.07. The molecule has 2 rings (SSSR count). The number of ether oxygens (including phenoxy) is 2. The molecule has 0 aliphatic heterocycles. The topological polar surface area (TPSA) is 75.7 Å². The van der Waals surface area contributed by atoms with Crippen molar-refractivity contribution in [2.75, 3.05) is 13.2 Å². The minimum absolute atomic E-state index is 0.0837. The third kappa shape index (κ3) is 4.82. The molecule has 0 spiro atoms. The summed E-state index contributed by atoms with van der Waals surface area (Å²) in [5.41, 5.74) is 1.46. The van der Waals surface area contributed by atoms with Crippen molar-refractivity contribution in [3.8, 4) is 5.75 Å². The van der Waals surface area contributed by atoms with Gasteiger partial charge in [0.15, 0.2) is 0 Å². The molecular weight excluding hydrogens is 423 g/mol. The van der Waals surface area contributed by atoms with E-state index in [-0.39, 0.29) is 18.8 Å². The summed E-state index contributed by atoms with van der Waals surface area (Å²) in [6.07, 6.45) is 1.69. The Morgan fingerprint density at radius 3 is 2.33 bits per heavy atom. The van der Waals surface area contributed by atoms with Gasteiger partial charge in [-0.2, -0.15) is 0 Å². The van der Waals surface area contributed by atoms with Gasteiger partial charge in [0, 0.05) is 0 Å². The Bertz CT molecular complexity index is 753. The number of carbonyl (C=O) groups excluding carboxylic acids is 2. The average Bonchev–Trinajstić information content (AvgIpc) is 2.59. The summed E-state index contributed by atoms with van der Waals surface area (Å²) in [7, 11) is 0. The Labute approximate surface area is 153 Å². The first kappa shape index (κ1) is 18.0. The second-order valence-electron chi connectivity index (χ2n) is 4.74. The molecule has 2 aromatic carbocycles. The van der Waals surface area contributed by atoms with Crippen LogP contribution in [0.25, 0.3) is 6.08 Å². The summed E-state index contributed by atoms with van der Waals surface area (Å²) in [6.45, 7) is 3.90. The SMILES string of the molecule is C=Cc1ccc(C(=O)OCCOc2ccc(C(=O)[O-])cc2I)cc1. The molecule has 0 atom stereocenters. The van der Waals surface area contributed by atoms with E-state index in [1.165, 1.54) is 12.1 Å². The highest BCUT2D eigenvalue weighted by molar-refractivity contribution is 14.1. The first-order valence-corrected chi connectivity index (χ1v) is 8.12. The van der Waals surface area contributed by atoms with Gasteiger partial charge in [-0.3, -0.25) is 0 Å². The number of hydrogen-bond acceptors (Lipinski definition) is 5. The van der Waals surface area contributed by atoms with Crippen LogP contribution in [0.2, 0.25) is 0 Å². The van der Waals surface area contributed by atoms with Crippen LogP contribution in [-0.2, 0) is 4.74 Å². The number of carbonyl (C=O) groups is 2. The van der Waals surface area contributed by atoms with E-state index in [0.717, 1.165) is 5.56 Å². The number of carboxylic acids is 1. The number of hydrogen-bond donors (Lipinski definition) is 0. The van der Waals surface area contributed by atoms with Crippen LogP contribution < -0.4 is 9.84 Å². The van der Waals surface area contributed by atoms with Crippen molar-refractivity contribution in [2.24, 2.45) is 0 Å². The van der Waals surface area contributed by atoms with Gasteiger partial charge < -0.3 is 19.4 Å². The van der Waals surface area contributed by atoms with E-state index in [9.17, 15) is 14.7 Å². The molecule has 0 aliphatic carbocycles. The van der Waals surface area contributed by atoms with Gasteiger partial charge in [0.05, 0.1) is 15.1 Å². The molecule has 0 amide bonds. The lowest BCUT2D eigenvalue weighted by Crippen LogP contribution is -2.22. The zero-order valence-corrected chi connectivity index (χ0v) is 14.8. The fourth-order valence-corrected chi connectivity index (χ4v) is 2.54. The number of aromatic carboxylic acids is 1. The summed E-state index contributed by atoms with van der Waals surface area (Å²) in [5, 5.41) is 10.8. The normalized spacial score (nSPS) is 10.0. The first-order chi connectivity index (χ1) is 11.5. The lowest BCUT2D eigenvalue weighted by Gasteiger charge is -2.10. The molecule has 0 aliphatic rings. The molecule has 0 radical (unpaired) electrons. The lowest BCUT2D eigenvalue weighted by molar-refractivity contribution is -0.255. The molecule has 0 heterocycles. The molecule has 24 heavy (non-hydrogen) atoms. The lowest BCUT2D eigenvalue weighted by atomic mass is 10.1. The molecule has 0 saturated heterocycles. The number of carboxylic acid groups (broad SMARTS) is 1. The van der Waals surface area contributed by atoms with Crippen molar-refractivity contribution in [1.82, 2.24) is 0 Å². The van der Waals surface area contributed by atoms with Crippen molar-refractivity contribution < 1.29 is 24.2 Å². The maximum atomic E-state index is 11.9. The zero-order valence-electron chi connectivity index (χ0n) is 12.7. The zero-order chi connectivity index (χ0) is 17.5. The minimum atomic E-state index is -1.24. The van der Waals surface area contributed by atoms with Crippen LogP contribution >= 0.6 is 22.6 Å². The van der Waals surface area contributed by atoms with Crippen LogP contribution in [0.5, 0.6) is 5.75 Å². The number of halogens is 1. The van der Waals surface area contributed by atoms with Crippen LogP contribution in [0.15, 0.2) is 49.0 Å². The van der Waals surface area contributed by atoms with Gasteiger partial charge in [-0.1, -0.05) is 24.8 Å². The Kier molecular flexibility index (Phi) is 6.36. The third-order valence-corrected chi connectivity index (χ3v) is 3.97. The van der Waals surface area contributed by atoms with Gasteiger partial charge in [-0.15, -0.1) is 0 Å². The Balaban J connectivity index is 1.83. The van der Waals surface area contributed by atoms with Crippen LogP contribution in [0, 0.1) is 3.57 Å². The summed E-state index contributed by atoms with van der Waals surface area (Å²) < 4.78 is 11.3. The van der Waals surface area contributed by atoms with Crippen LogP contribution in [-0.4, -0.2) is 25.2 Å². The monoisotopic (exact) mass is 437 g/mol. The van der Waals surface area contributed by atoms with E-state index in [4.69, 9.17) is 9.47 Å². The van der Waals surface area contributed by atoms with Crippen LogP contribution in [0.4, 0.5) is 0 Å². The quantitative estimate of drug-likeness (QED) is 0.378. The second kappa shape index (κ2) is 8.49. The standard InChI is InChI=1S/C18H15IO5/c1-2-12-3-5-13(6-4-12)18(22)24-10-9-23-16-8-7-14(17(20)21)11-15(16)19/h2-8,11H,1,9-10H2,(H,20,21)/p-1. The molecule has 5 nitrogen and oxygen atoms in total. The van der Waals surface area contributed by atoms with E-state index in [2.05, 4.69) is 6.58 Å². The molecule has 0 fully saturated rings. The van der Waals surface area contributed by atoms with E-state index in [1.54, 1.807) is 36.4 Å². The van der Waals surface area contributed by atoms with E-state index < -0.39 is 11.9 Å². The van der Waals surface area contributed by atoms with Gasteiger partial charge in [-0.05, 0) is 64.0 Å². The molecule has 2 aromatic rings. The molecule has 6 heteroatoms. The molecule has 0 unspecified atom stereocenters. The number of benzene rings is 2. The van der Waals surface area contributed by atoms with E-state index in [1.807, 2.05) is 22.6 Å². The van der Waals surface area contributed by atoms with Gasteiger partial charge in [0.2, 0.25) is 0 Å². The van der Waals surface area contributed by atoms with Crippen LogP contribution in [0.3, 0.4) is 0 Å². The summed E-state index contributed by atoms with van der Waals surface area (Å²) in [5.74, 6) is -1.15. The summed E-state index contributed by atoms with van der Waals surface area (Å²) in [6, 6.07) is 11.3. The first-order valence-electron chi connectivity index (χ1n) is 7.04. The van der Waals surface area contributed by atoms with E-state index >= 15 is 0 Å². The van der Waals surface area contributed by atoms with Crippen molar-refractivity contribution >= 4 is 40.6 Å². The second-order valence-corrected chi connectivity index (χ2v) is 5.91.